The van der Waals surface area contributed by atoms with Crippen molar-refractivity contribution in [3.63, 3.8) is 0 Å². The smallest absolute Gasteiger partial charge is 0.191 e. The van der Waals surface area contributed by atoms with Gasteiger partial charge in [0, 0.05) is 37.4 Å². The van der Waals surface area contributed by atoms with Crippen molar-refractivity contribution >= 4 is 28.3 Å². The normalized spacial score (nSPS) is 11.9. The average molecular weight is 385 g/mol. The van der Waals surface area contributed by atoms with Crippen LogP contribution in [0.1, 0.15) is 34.7 Å². The van der Waals surface area contributed by atoms with Gasteiger partial charge in [0.05, 0.1) is 21.7 Å². The summed E-state index contributed by atoms with van der Waals surface area (Å²) < 4.78 is 0. The first-order chi connectivity index (χ1) is 13.2. The fourth-order valence-electron chi connectivity index (χ4n) is 2.84. The molecule has 0 amide bonds. The van der Waals surface area contributed by atoms with Gasteiger partial charge in [-0.3, -0.25) is 4.99 Å². The minimum atomic E-state index is 0.766. The fourth-order valence-corrected chi connectivity index (χ4v) is 3.77. The summed E-state index contributed by atoms with van der Waals surface area (Å²) in [5.74, 6) is 1.89. The second kappa shape index (κ2) is 9.50. The highest BCUT2D eigenvalue weighted by molar-refractivity contribution is 7.11. The highest BCUT2D eigenvalue weighted by atomic mass is 32.1. The lowest BCUT2D eigenvalue weighted by Crippen LogP contribution is -2.38. The van der Waals surface area contributed by atoms with Crippen molar-refractivity contribution in [2.24, 2.45) is 4.99 Å². The molecule has 0 fully saturated rings. The second-order valence-corrected chi connectivity index (χ2v) is 7.78. The lowest BCUT2D eigenvalue weighted by atomic mass is 10.3. The van der Waals surface area contributed by atoms with Gasteiger partial charge in [-0.1, -0.05) is 12.1 Å². The lowest BCUT2D eigenvalue weighted by molar-refractivity contribution is 0.762. The predicted octanol–water partition coefficient (Wildman–Crippen LogP) is 3.37. The molecule has 0 saturated heterocycles. The number of aromatic amines is 1. The third kappa shape index (κ3) is 5.53. The summed E-state index contributed by atoms with van der Waals surface area (Å²) in [5.41, 5.74) is 3.26. The first-order valence-corrected chi connectivity index (χ1v) is 10.4. The van der Waals surface area contributed by atoms with Gasteiger partial charge < -0.3 is 15.6 Å². The van der Waals surface area contributed by atoms with E-state index in [0.717, 1.165) is 67.4 Å². The molecule has 0 unspecified atom stereocenters. The molecule has 0 radical (unpaired) electrons. The van der Waals surface area contributed by atoms with Crippen molar-refractivity contribution in [1.82, 2.24) is 25.6 Å². The van der Waals surface area contributed by atoms with Crippen LogP contribution in [0.3, 0.4) is 0 Å². The van der Waals surface area contributed by atoms with Crippen molar-refractivity contribution in [3.05, 3.63) is 45.7 Å². The zero-order chi connectivity index (χ0) is 19.1. The minimum absolute atomic E-state index is 0.766. The van der Waals surface area contributed by atoms with Gasteiger partial charge in [0.1, 0.15) is 5.82 Å². The number of fused-ring (bicyclic) bond motifs is 1. The molecule has 0 aliphatic carbocycles. The Kier molecular flexibility index (Phi) is 6.81. The molecule has 0 spiro atoms. The van der Waals surface area contributed by atoms with Crippen molar-refractivity contribution in [1.29, 1.82) is 0 Å². The monoisotopic (exact) mass is 384 g/mol. The van der Waals surface area contributed by atoms with E-state index in [9.17, 15) is 0 Å². The molecule has 2 aromatic heterocycles. The molecule has 0 bridgehead atoms. The molecule has 0 saturated carbocycles. The van der Waals surface area contributed by atoms with Crippen molar-refractivity contribution in [2.45, 2.75) is 40.0 Å². The molecule has 1 aromatic carbocycles. The van der Waals surface area contributed by atoms with E-state index in [-0.39, 0.29) is 0 Å². The SMILES string of the molecule is CCNC(=NCCCc1nc2ccccc2[nH]1)NCCc1nc(C)c(C)s1. The topological polar surface area (TPSA) is 78.0 Å². The zero-order valence-electron chi connectivity index (χ0n) is 16.3. The first-order valence-electron chi connectivity index (χ1n) is 9.54. The Bertz CT molecular complexity index is 842. The Balaban J connectivity index is 1.45. The van der Waals surface area contributed by atoms with Crippen LogP contribution in [0.15, 0.2) is 29.3 Å². The summed E-state index contributed by atoms with van der Waals surface area (Å²) in [6.07, 6.45) is 2.78. The predicted molar refractivity (Wildman–Crippen MR) is 114 cm³/mol. The van der Waals surface area contributed by atoms with Crippen LogP contribution in [0, 0.1) is 13.8 Å². The van der Waals surface area contributed by atoms with Crippen LogP contribution in [-0.4, -0.2) is 40.5 Å². The number of nitrogens with zero attached hydrogens (tertiary/aromatic N) is 3. The van der Waals surface area contributed by atoms with E-state index in [0.29, 0.717) is 0 Å². The van der Waals surface area contributed by atoms with E-state index in [1.165, 1.54) is 9.88 Å². The number of benzene rings is 1. The van der Waals surface area contributed by atoms with E-state index in [1.54, 1.807) is 11.3 Å². The Morgan fingerprint density at radius 2 is 2.00 bits per heavy atom. The number of nitrogens with one attached hydrogen (secondary N) is 3. The summed E-state index contributed by atoms with van der Waals surface area (Å²) in [6.45, 7) is 8.72. The molecule has 0 atom stereocenters. The fraction of sp³-hybridized carbons (Fsp3) is 0.450. The van der Waals surface area contributed by atoms with E-state index in [4.69, 9.17) is 0 Å². The van der Waals surface area contributed by atoms with Crippen LogP contribution in [0.4, 0.5) is 0 Å². The third-order valence-corrected chi connectivity index (χ3v) is 5.46. The number of thiazole rings is 1. The quantitative estimate of drug-likeness (QED) is 0.316. The van der Waals surface area contributed by atoms with Crippen LogP contribution in [0.2, 0.25) is 0 Å². The Morgan fingerprint density at radius 3 is 2.74 bits per heavy atom. The average Bonchev–Trinajstić information content (AvgIpc) is 3.21. The van der Waals surface area contributed by atoms with Gasteiger partial charge in [-0.15, -0.1) is 11.3 Å². The van der Waals surface area contributed by atoms with E-state index >= 15 is 0 Å². The zero-order valence-corrected chi connectivity index (χ0v) is 17.1. The van der Waals surface area contributed by atoms with Crippen molar-refractivity contribution in [2.75, 3.05) is 19.6 Å². The molecule has 0 aliphatic heterocycles. The van der Waals surface area contributed by atoms with Gasteiger partial charge in [-0.25, -0.2) is 9.97 Å². The number of hydrogen-bond acceptors (Lipinski definition) is 4. The Hall–Kier alpha value is -2.41. The molecule has 27 heavy (non-hydrogen) atoms. The maximum atomic E-state index is 4.67. The summed E-state index contributed by atoms with van der Waals surface area (Å²) in [6, 6.07) is 8.13. The number of hydrogen-bond donors (Lipinski definition) is 3. The number of imidazole rings is 1. The minimum Gasteiger partial charge on any atom is -0.357 e. The van der Waals surface area contributed by atoms with Gasteiger partial charge >= 0.3 is 0 Å². The van der Waals surface area contributed by atoms with Gasteiger partial charge in [0.2, 0.25) is 0 Å². The molecule has 6 nitrogen and oxygen atoms in total. The molecule has 2 heterocycles. The molecular formula is C20H28N6S. The molecule has 3 aromatic rings. The van der Waals surface area contributed by atoms with Gasteiger partial charge in [-0.05, 0) is 39.3 Å². The molecule has 7 heteroatoms. The summed E-state index contributed by atoms with van der Waals surface area (Å²) in [7, 11) is 0. The number of para-hydroxylation sites is 2. The van der Waals surface area contributed by atoms with Gasteiger partial charge in [-0.2, -0.15) is 0 Å². The van der Waals surface area contributed by atoms with Gasteiger partial charge in [0.15, 0.2) is 5.96 Å². The van der Waals surface area contributed by atoms with Crippen LogP contribution in [0.5, 0.6) is 0 Å². The Morgan fingerprint density at radius 1 is 1.15 bits per heavy atom. The molecule has 3 rings (SSSR count). The van der Waals surface area contributed by atoms with Crippen LogP contribution in [-0.2, 0) is 12.8 Å². The maximum Gasteiger partial charge on any atom is 0.191 e. The number of H-pyrrole nitrogens is 1. The number of rotatable bonds is 8. The standard InChI is InChI=1S/C20H28N6S/c1-4-21-20(23-13-11-19-24-14(2)15(3)27-19)22-12-7-10-18-25-16-8-5-6-9-17(16)26-18/h5-6,8-9H,4,7,10-13H2,1-3H3,(H,25,26)(H2,21,22,23). The lowest BCUT2D eigenvalue weighted by Gasteiger charge is -2.10. The van der Waals surface area contributed by atoms with Crippen molar-refractivity contribution < 1.29 is 0 Å². The summed E-state index contributed by atoms with van der Waals surface area (Å²) >= 11 is 1.78. The first kappa shape index (κ1) is 19.4. The van der Waals surface area contributed by atoms with E-state index < -0.39 is 0 Å². The molecule has 144 valence electrons. The Labute approximate surface area is 164 Å². The van der Waals surface area contributed by atoms with Crippen LogP contribution in [0.25, 0.3) is 11.0 Å². The molecule has 0 aliphatic rings. The van der Waals surface area contributed by atoms with Crippen LogP contribution < -0.4 is 10.6 Å². The van der Waals surface area contributed by atoms with Gasteiger partial charge in [0.25, 0.3) is 0 Å². The number of aryl methyl sites for hydroxylation is 3. The van der Waals surface area contributed by atoms with Crippen LogP contribution >= 0.6 is 11.3 Å². The second-order valence-electron chi connectivity index (χ2n) is 6.49. The highest BCUT2D eigenvalue weighted by Crippen LogP contribution is 2.16. The molecule has 3 N–H and O–H groups in total. The number of aliphatic imine (C=N–C) groups is 1. The maximum absolute atomic E-state index is 4.67. The third-order valence-electron chi connectivity index (χ3n) is 4.33. The molecular weight excluding hydrogens is 356 g/mol. The highest BCUT2D eigenvalue weighted by Gasteiger charge is 2.05. The number of aromatic nitrogens is 3. The van der Waals surface area contributed by atoms with Crippen molar-refractivity contribution in [3.8, 4) is 0 Å². The summed E-state index contributed by atoms with van der Waals surface area (Å²) in [5, 5.41) is 7.88. The summed E-state index contributed by atoms with van der Waals surface area (Å²) in [4.78, 5) is 18.6. The van der Waals surface area contributed by atoms with E-state index in [2.05, 4.69) is 57.4 Å². The number of guanidine groups is 1. The van der Waals surface area contributed by atoms with E-state index in [1.807, 2.05) is 18.2 Å². The largest absolute Gasteiger partial charge is 0.357 e.